The molecule has 0 atom stereocenters. The van der Waals surface area contributed by atoms with Crippen molar-refractivity contribution in [2.24, 2.45) is 5.92 Å². The third-order valence-corrected chi connectivity index (χ3v) is 3.57. The number of carboxylic acids is 1. The Hall–Kier alpha value is -1.07. The summed E-state index contributed by atoms with van der Waals surface area (Å²) in [5.74, 6) is -0.357. The lowest BCUT2D eigenvalue weighted by Gasteiger charge is -2.29. The number of halogens is 1. The fourth-order valence-electron chi connectivity index (χ4n) is 1.97. The Balaban J connectivity index is 2.97. The van der Waals surface area contributed by atoms with Crippen molar-refractivity contribution in [3.05, 3.63) is 28.2 Å². The van der Waals surface area contributed by atoms with E-state index >= 15 is 0 Å². The molecule has 0 saturated heterocycles. The molecule has 0 aromatic heterocycles. The van der Waals surface area contributed by atoms with Gasteiger partial charge in [0.1, 0.15) is 0 Å². The van der Waals surface area contributed by atoms with E-state index in [1.54, 1.807) is 12.1 Å². The summed E-state index contributed by atoms with van der Waals surface area (Å²) in [5.41, 5.74) is 1.35. The summed E-state index contributed by atoms with van der Waals surface area (Å²) in [6, 6.07) is 5.21. The SMILES string of the molecule is CC(C)CN(CCN(C)C)c1ccc(C(=O)O)cc1Br. The van der Waals surface area contributed by atoms with E-state index in [0.717, 1.165) is 29.8 Å². The molecule has 0 aliphatic carbocycles. The van der Waals surface area contributed by atoms with Crippen LogP contribution in [0.1, 0.15) is 24.2 Å². The monoisotopic (exact) mass is 342 g/mol. The molecule has 1 aromatic carbocycles. The van der Waals surface area contributed by atoms with Crippen LogP contribution in [0.2, 0.25) is 0 Å². The molecule has 0 amide bonds. The average Bonchev–Trinajstić information content (AvgIpc) is 2.33. The summed E-state index contributed by atoms with van der Waals surface area (Å²) in [6.07, 6.45) is 0. The molecule has 5 heteroatoms. The van der Waals surface area contributed by atoms with Crippen molar-refractivity contribution < 1.29 is 9.90 Å². The molecule has 20 heavy (non-hydrogen) atoms. The fraction of sp³-hybridized carbons (Fsp3) is 0.533. The third kappa shape index (κ3) is 5.13. The van der Waals surface area contributed by atoms with Crippen LogP contribution < -0.4 is 4.90 Å². The van der Waals surface area contributed by atoms with Crippen LogP contribution in [0.5, 0.6) is 0 Å². The molecular weight excluding hydrogens is 320 g/mol. The van der Waals surface area contributed by atoms with Crippen molar-refractivity contribution >= 4 is 27.6 Å². The first kappa shape index (κ1) is 17.0. The summed E-state index contributed by atoms with van der Waals surface area (Å²) in [7, 11) is 4.10. The molecule has 0 unspecified atom stereocenters. The molecule has 1 aromatic rings. The number of likely N-dealkylation sites (N-methyl/N-ethyl adjacent to an activating group) is 1. The predicted octanol–water partition coefficient (Wildman–Crippen LogP) is 3.17. The maximum absolute atomic E-state index is 11.0. The molecule has 0 heterocycles. The lowest BCUT2D eigenvalue weighted by Crippen LogP contribution is -2.34. The van der Waals surface area contributed by atoms with Gasteiger partial charge in [-0.2, -0.15) is 0 Å². The number of aromatic carboxylic acids is 1. The largest absolute Gasteiger partial charge is 0.478 e. The zero-order chi connectivity index (χ0) is 15.3. The Labute approximate surface area is 129 Å². The van der Waals surface area contributed by atoms with Crippen LogP contribution in [-0.4, -0.2) is 49.7 Å². The average molecular weight is 343 g/mol. The van der Waals surface area contributed by atoms with E-state index in [1.165, 1.54) is 0 Å². The Morgan fingerprint density at radius 2 is 1.95 bits per heavy atom. The first-order valence-electron chi connectivity index (χ1n) is 6.73. The standard InChI is InChI=1S/C15H23BrN2O2/c1-11(2)10-18(8-7-17(3)4)14-6-5-12(15(19)20)9-13(14)16/h5-6,9,11H,7-8,10H2,1-4H3,(H,19,20). The fourth-order valence-corrected chi connectivity index (χ4v) is 2.60. The van der Waals surface area contributed by atoms with Gasteiger partial charge in [-0.25, -0.2) is 4.79 Å². The third-order valence-electron chi connectivity index (χ3n) is 2.94. The maximum atomic E-state index is 11.0. The number of benzene rings is 1. The quantitative estimate of drug-likeness (QED) is 0.826. The van der Waals surface area contributed by atoms with Crippen molar-refractivity contribution in [1.82, 2.24) is 4.90 Å². The summed E-state index contributed by atoms with van der Waals surface area (Å²) in [6.45, 7) is 7.18. The van der Waals surface area contributed by atoms with Gasteiger partial charge in [0.15, 0.2) is 0 Å². The predicted molar refractivity (Wildman–Crippen MR) is 86.7 cm³/mol. The molecule has 0 aliphatic heterocycles. The highest BCUT2D eigenvalue weighted by Gasteiger charge is 2.14. The van der Waals surface area contributed by atoms with Crippen LogP contribution in [0.25, 0.3) is 0 Å². The van der Waals surface area contributed by atoms with Crippen LogP contribution >= 0.6 is 15.9 Å². The van der Waals surface area contributed by atoms with Crippen LogP contribution in [0.4, 0.5) is 5.69 Å². The minimum absolute atomic E-state index is 0.303. The van der Waals surface area contributed by atoms with Gasteiger partial charge >= 0.3 is 5.97 Å². The van der Waals surface area contributed by atoms with Gasteiger partial charge in [-0.05, 0) is 54.1 Å². The van der Waals surface area contributed by atoms with Crippen molar-refractivity contribution in [2.45, 2.75) is 13.8 Å². The molecule has 0 radical (unpaired) electrons. The number of anilines is 1. The molecule has 0 fully saturated rings. The zero-order valence-corrected chi connectivity index (χ0v) is 14.1. The summed E-state index contributed by atoms with van der Waals surface area (Å²) in [5, 5.41) is 9.02. The highest BCUT2D eigenvalue weighted by atomic mass is 79.9. The normalized spacial score (nSPS) is 11.2. The van der Waals surface area contributed by atoms with Crippen molar-refractivity contribution in [1.29, 1.82) is 0 Å². The second kappa shape index (κ2) is 7.64. The number of carbonyl (C=O) groups is 1. The zero-order valence-electron chi connectivity index (χ0n) is 12.6. The van der Waals surface area contributed by atoms with Gasteiger partial charge in [-0.3, -0.25) is 0 Å². The van der Waals surface area contributed by atoms with E-state index < -0.39 is 5.97 Å². The highest BCUT2D eigenvalue weighted by Crippen LogP contribution is 2.28. The molecule has 1 rings (SSSR count). The molecular formula is C15H23BrN2O2. The van der Waals surface area contributed by atoms with E-state index in [-0.39, 0.29) is 0 Å². The molecule has 0 saturated carbocycles. The van der Waals surface area contributed by atoms with E-state index in [2.05, 4.69) is 53.7 Å². The second-order valence-electron chi connectivity index (χ2n) is 5.61. The molecule has 112 valence electrons. The number of hydrogen-bond acceptors (Lipinski definition) is 3. The van der Waals surface area contributed by atoms with Crippen molar-refractivity contribution in [2.75, 3.05) is 38.6 Å². The number of hydrogen-bond donors (Lipinski definition) is 1. The van der Waals surface area contributed by atoms with Crippen LogP contribution in [-0.2, 0) is 0 Å². The molecule has 1 N–H and O–H groups in total. The number of carboxylic acid groups (broad SMARTS) is 1. The summed E-state index contributed by atoms with van der Waals surface area (Å²) < 4.78 is 0.830. The van der Waals surface area contributed by atoms with E-state index in [0.29, 0.717) is 11.5 Å². The Kier molecular flexibility index (Phi) is 6.49. The van der Waals surface area contributed by atoms with Gasteiger partial charge in [0.25, 0.3) is 0 Å². The first-order valence-corrected chi connectivity index (χ1v) is 7.53. The maximum Gasteiger partial charge on any atom is 0.335 e. The summed E-state index contributed by atoms with van der Waals surface area (Å²) in [4.78, 5) is 15.4. The van der Waals surface area contributed by atoms with Gasteiger partial charge in [-0.1, -0.05) is 13.8 Å². The lowest BCUT2D eigenvalue weighted by molar-refractivity contribution is 0.0697. The number of rotatable bonds is 7. The van der Waals surface area contributed by atoms with Gasteiger partial charge < -0.3 is 14.9 Å². The van der Waals surface area contributed by atoms with Crippen LogP contribution in [0, 0.1) is 5.92 Å². The molecule has 0 bridgehead atoms. The van der Waals surface area contributed by atoms with Gasteiger partial charge in [0, 0.05) is 24.1 Å². The van der Waals surface area contributed by atoms with Gasteiger partial charge in [-0.15, -0.1) is 0 Å². The Morgan fingerprint density at radius 3 is 2.40 bits per heavy atom. The van der Waals surface area contributed by atoms with Crippen molar-refractivity contribution in [3.63, 3.8) is 0 Å². The van der Waals surface area contributed by atoms with E-state index in [9.17, 15) is 4.79 Å². The lowest BCUT2D eigenvalue weighted by atomic mass is 10.1. The van der Waals surface area contributed by atoms with E-state index in [4.69, 9.17) is 5.11 Å². The molecule has 0 spiro atoms. The van der Waals surface area contributed by atoms with E-state index in [1.807, 2.05) is 6.07 Å². The highest BCUT2D eigenvalue weighted by molar-refractivity contribution is 9.10. The van der Waals surface area contributed by atoms with Crippen LogP contribution in [0.15, 0.2) is 22.7 Å². The number of nitrogens with zero attached hydrogens (tertiary/aromatic N) is 2. The Morgan fingerprint density at radius 1 is 1.30 bits per heavy atom. The first-order chi connectivity index (χ1) is 9.31. The molecule has 4 nitrogen and oxygen atoms in total. The Bertz CT molecular complexity index is 461. The van der Waals surface area contributed by atoms with Gasteiger partial charge in [0.2, 0.25) is 0 Å². The summed E-state index contributed by atoms with van der Waals surface area (Å²) >= 11 is 3.49. The second-order valence-corrected chi connectivity index (χ2v) is 6.47. The van der Waals surface area contributed by atoms with Gasteiger partial charge in [0.05, 0.1) is 11.3 Å². The smallest absolute Gasteiger partial charge is 0.335 e. The minimum Gasteiger partial charge on any atom is -0.478 e. The topological polar surface area (TPSA) is 43.8 Å². The minimum atomic E-state index is -0.902. The van der Waals surface area contributed by atoms with Crippen molar-refractivity contribution in [3.8, 4) is 0 Å². The van der Waals surface area contributed by atoms with Crippen LogP contribution in [0.3, 0.4) is 0 Å². The molecule has 0 aliphatic rings.